The zero-order chi connectivity index (χ0) is 26.0. The lowest BCUT2D eigenvalue weighted by Gasteiger charge is -2.28. The number of carboxylic acid groups (broad SMARTS) is 1. The highest BCUT2D eigenvalue weighted by Gasteiger charge is 2.31. The van der Waals surface area contributed by atoms with E-state index in [9.17, 15) is 30.2 Å². The molecular weight excluding hydrogens is 434 g/mol. The molecule has 1 aliphatic heterocycles. The molecule has 3 N–H and O–H groups in total. The minimum atomic E-state index is -0.979. The minimum Gasteiger partial charge on any atom is -0.481 e. The van der Waals surface area contributed by atoms with E-state index in [2.05, 4.69) is 19.9 Å². The van der Waals surface area contributed by atoms with E-state index in [1.165, 1.54) is 0 Å². The molecule has 0 saturated carbocycles. The van der Waals surface area contributed by atoms with Crippen molar-refractivity contribution in [2.75, 3.05) is 0 Å². The number of hydrogen-bond acceptors (Lipinski definition) is 6. The van der Waals surface area contributed by atoms with E-state index in [0.29, 0.717) is 11.8 Å². The van der Waals surface area contributed by atoms with E-state index in [1.807, 2.05) is 13.8 Å². The van der Waals surface area contributed by atoms with E-state index >= 15 is 0 Å². The second-order valence-corrected chi connectivity index (χ2v) is 10.5. The van der Waals surface area contributed by atoms with Gasteiger partial charge in [-0.15, -0.1) is 0 Å². The summed E-state index contributed by atoms with van der Waals surface area (Å²) in [5.41, 5.74) is 0.266. The topological polar surface area (TPSA) is 128 Å². The lowest BCUT2D eigenvalue weighted by atomic mass is 9.82. The minimum absolute atomic E-state index is 0.0893. The van der Waals surface area contributed by atoms with Crippen LogP contribution >= 0.6 is 0 Å². The largest absolute Gasteiger partial charge is 0.481 e. The fourth-order valence-corrected chi connectivity index (χ4v) is 4.83. The number of carbonyl (C=O) groups is 2. The Bertz CT molecular complexity index is 770. The highest BCUT2D eigenvalue weighted by molar-refractivity contribution is 5.71. The summed E-state index contributed by atoms with van der Waals surface area (Å²) in [4.78, 5) is 24.1. The third kappa shape index (κ3) is 9.60. The number of nitrogens with zero attached hydrogens (tertiary/aromatic N) is 1. The van der Waals surface area contributed by atoms with E-state index in [-0.39, 0.29) is 30.3 Å². The first-order valence-electron chi connectivity index (χ1n) is 12.4. The number of cyclic esters (lactones) is 1. The number of ether oxygens (including phenoxy) is 1. The third-order valence-corrected chi connectivity index (χ3v) is 7.20. The number of aliphatic carboxylic acids is 1. The quantitative estimate of drug-likeness (QED) is 0.511. The summed E-state index contributed by atoms with van der Waals surface area (Å²) in [6.45, 7) is 11.4. The highest BCUT2D eigenvalue weighted by Crippen LogP contribution is 2.29. The Balaban J connectivity index is 3.22. The molecule has 0 aromatic heterocycles. The van der Waals surface area contributed by atoms with Crippen LogP contribution in [0.3, 0.4) is 0 Å². The standard InChI is InChI=1S/C27H43NO6/c1-16-11-17(2)13-19(4)26(31)22(15-28)9-7-8-10-24(20(5)21(6)27(32)33)34-25(30)14-23(29)18(3)12-16/h7-9,16-21,23-24,26,29,31H,10-14H2,1-6H3,(H,32,33)/b8-7+,22-9-/t16-,17+,18-,19-,20?,21?,23-,24?,26+/m0/s1. The van der Waals surface area contributed by atoms with Crippen molar-refractivity contribution in [3.63, 3.8) is 0 Å². The van der Waals surface area contributed by atoms with Crippen LogP contribution in [0.25, 0.3) is 0 Å². The van der Waals surface area contributed by atoms with Crippen molar-refractivity contribution in [2.24, 2.45) is 35.5 Å². The molecule has 0 fully saturated rings. The first-order valence-corrected chi connectivity index (χ1v) is 12.4. The van der Waals surface area contributed by atoms with Crippen LogP contribution in [0.1, 0.15) is 73.6 Å². The van der Waals surface area contributed by atoms with Crippen LogP contribution in [-0.4, -0.2) is 45.6 Å². The van der Waals surface area contributed by atoms with Crippen molar-refractivity contribution in [1.82, 2.24) is 0 Å². The van der Waals surface area contributed by atoms with Crippen LogP contribution in [0.2, 0.25) is 0 Å². The van der Waals surface area contributed by atoms with E-state index in [4.69, 9.17) is 4.74 Å². The maximum atomic E-state index is 12.6. The molecule has 0 saturated heterocycles. The van der Waals surface area contributed by atoms with Crippen molar-refractivity contribution in [3.8, 4) is 6.07 Å². The summed E-state index contributed by atoms with van der Waals surface area (Å²) in [7, 11) is 0. The lowest BCUT2D eigenvalue weighted by Crippen LogP contribution is -2.34. The Kier molecular flexibility index (Phi) is 12.5. The van der Waals surface area contributed by atoms with Crippen LogP contribution in [0.5, 0.6) is 0 Å². The molecule has 7 nitrogen and oxygen atoms in total. The van der Waals surface area contributed by atoms with E-state index in [0.717, 1.165) is 19.3 Å². The lowest BCUT2D eigenvalue weighted by molar-refractivity contribution is -0.159. The van der Waals surface area contributed by atoms with Gasteiger partial charge in [0.1, 0.15) is 6.10 Å². The Morgan fingerprint density at radius 2 is 1.68 bits per heavy atom. The molecule has 1 heterocycles. The molecule has 1 rings (SSSR count). The van der Waals surface area contributed by atoms with Crippen molar-refractivity contribution < 1.29 is 29.6 Å². The first kappa shape index (κ1) is 29.9. The van der Waals surface area contributed by atoms with Gasteiger partial charge in [0.05, 0.1) is 36.2 Å². The Hall–Kier alpha value is -2.17. The summed E-state index contributed by atoms with van der Waals surface area (Å²) in [5, 5.41) is 40.2. The predicted octanol–water partition coefficient (Wildman–Crippen LogP) is 4.49. The number of aliphatic hydroxyl groups is 2. The van der Waals surface area contributed by atoms with Crippen molar-refractivity contribution in [2.45, 2.75) is 92.0 Å². The van der Waals surface area contributed by atoms with Gasteiger partial charge in [0, 0.05) is 12.3 Å². The zero-order valence-electron chi connectivity index (χ0n) is 21.5. The fraction of sp³-hybridized carbons (Fsp3) is 0.741. The molecule has 0 radical (unpaired) electrons. The molecule has 0 spiro atoms. The molecule has 0 bridgehead atoms. The molecule has 0 amide bonds. The molecule has 192 valence electrons. The molecule has 7 heteroatoms. The van der Waals surface area contributed by atoms with Gasteiger partial charge in [-0.05, 0) is 49.0 Å². The maximum absolute atomic E-state index is 12.6. The maximum Gasteiger partial charge on any atom is 0.308 e. The third-order valence-electron chi connectivity index (χ3n) is 7.20. The summed E-state index contributed by atoms with van der Waals surface area (Å²) in [6.07, 6.45) is 5.04. The van der Waals surface area contributed by atoms with Crippen LogP contribution in [-0.2, 0) is 14.3 Å². The molecule has 9 atom stereocenters. The Labute approximate surface area is 204 Å². The molecule has 3 unspecified atom stereocenters. The summed E-state index contributed by atoms with van der Waals surface area (Å²) in [6, 6.07) is 2.08. The van der Waals surface area contributed by atoms with Crippen LogP contribution in [0, 0.1) is 46.8 Å². The average molecular weight is 478 g/mol. The van der Waals surface area contributed by atoms with Gasteiger partial charge in [-0.1, -0.05) is 53.7 Å². The number of allylic oxidation sites excluding steroid dienone is 2. The van der Waals surface area contributed by atoms with Crippen molar-refractivity contribution >= 4 is 11.9 Å². The number of carboxylic acids is 1. The number of carbonyl (C=O) groups excluding carboxylic acids is 1. The SMILES string of the molecule is CC(C(=O)O)C(C)C1C/C=C/C=C(/C#N)[C@H](O)[C@@H](C)C[C@H](C)C[C@H](C)C[C@H](C)[C@@H](O)CC(=O)O1. The van der Waals surface area contributed by atoms with Crippen LogP contribution in [0.15, 0.2) is 23.8 Å². The number of esters is 1. The second kappa shape index (κ2) is 14.3. The van der Waals surface area contributed by atoms with Gasteiger partial charge < -0.3 is 20.1 Å². The molecule has 34 heavy (non-hydrogen) atoms. The number of rotatable bonds is 3. The number of nitriles is 1. The molecule has 0 aliphatic carbocycles. The normalized spacial score (nSPS) is 37.0. The van der Waals surface area contributed by atoms with Gasteiger partial charge >= 0.3 is 11.9 Å². The highest BCUT2D eigenvalue weighted by atomic mass is 16.5. The molecule has 0 aromatic rings. The smallest absolute Gasteiger partial charge is 0.308 e. The molecule has 1 aliphatic rings. The van der Waals surface area contributed by atoms with Gasteiger partial charge in [0.15, 0.2) is 0 Å². The van der Waals surface area contributed by atoms with Gasteiger partial charge in [-0.3, -0.25) is 9.59 Å². The Morgan fingerprint density at radius 1 is 1.09 bits per heavy atom. The monoisotopic (exact) mass is 477 g/mol. The van der Waals surface area contributed by atoms with Gasteiger partial charge in [-0.2, -0.15) is 5.26 Å². The summed E-state index contributed by atoms with van der Waals surface area (Å²) in [5.74, 6) is -2.26. The number of aliphatic hydroxyl groups excluding tert-OH is 2. The second-order valence-electron chi connectivity index (χ2n) is 10.5. The average Bonchev–Trinajstić information content (AvgIpc) is 2.75. The summed E-state index contributed by atoms with van der Waals surface area (Å²) >= 11 is 0. The Morgan fingerprint density at radius 3 is 2.24 bits per heavy atom. The van der Waals surface area contributed by atoms with E-state index in [1.54, 1.807) is 32.1 Å². The summed E-state index contributed by atoms with van der Waals surface area (Å²) < 4.78 is 5.63. The van der Waals surface area contributed by atoms with Crippen LogP contribution in [0.4, 0.5) is 0 Å². The van der Waals surface area contributed by atoms with Crippen LogP contribution < -0.4 is 0 Å². The van der Waals surface area contributed by atoms with Crippen molar-refractivity contribution in [3.05, 3.63) is 23.8 Å². The molecule has 0 aromatic carbocycles. The molecular formula is C27H43NO6. The predicted molar refractivity (Wildman–Crippen MR) is 130 cm³/mol. The number of hydrogen-bond donors (Lipinski definition) is 3. The van der Waals surface area contributed by atoms with Crippen molar-refractivity contribution in [1.29, 1.82) is 5.26 Å². The van der Waals surface area contributed by atoms with Gasteiger partial charge in [0.2, 0.25) is 0 Å². The zero-order valence-corrected chi connectivity index (χ0v) is 21.5. The van der Waals surface area contributed by atoms with Gasteiger partial charge in [-0.25, -0.2) is 0 Å². The first-order chi connectivity index (χ1) is 15.9. The fourth-order valence-electron chi connectivity index (χ4n) is 4.83. The van der Waals surface area contributed by atoms with Gasteiger partial charge in [0.25, 0.3) is 0 Å². The van der Waals surface area contributed by atoms with E-state index < -0.39 is 42.1 Å².